The molecule has 0 aliphatic carbocycles. The standard InChI is InChI=1S/C13H17N3O2S/c14-13(18)9-2-1-3-10(6-9)16-12(17)7-11-8-19-5-4-15-11/h1-3,6,11,15H,4-5,7-8H2,(H2,14,18)(H,16,17). The molecule has 1 fully saturated rings. The van der Waals surface area contributed by atoms with Gasteiger partial charge in [-0.25, -0.2) is 0 Å². The summed E-state index contributed by atoms with van der Waals surface area (Å²) in [6, 6.07) is 6.87. The van der Waals surface area contributed by atoms with Crippen LogP contribution in [-0.4, -0.2) is 35.9 Å². The van der Waals surface area contributed by atoms with Crippen LogP contribution in [0, 0.1) is 0 Å². The molecule has 0 saturated carbocycles. The number of benzene rings is 1. The number of hydrogen-bond donors (Lipinski definition) is 3. The summed E-state index contributed by atoms with van der Waals surface area (Å²) in [4.78, 5) is 22.9. The Morgan fingerprint density at radius 1 is 1.47 bits per heavy atom. The van der Waals surface area contributed by atoms with Gasteiger partial charge >= 0.3 is 0 Å². The Balaban J connectivity index is 1.90. The van der Waals surface area contributed by atoms with Crippen LogP contribution in [-0.2, 0) is 4.79 Å². The third kappa shape index (κ3) is 4.25. The lowest BCUT2D eigenvalue weighted by Gasteiger charge is -2.22. The monoisotopic (exact) mass is 279 g/mol. The molecule has 1 atom stereocenters. The van der Waals surface area contributed by atoms with E-state index in [1.54, 1.807) is 24.3 Å². The summed E-state index contributed by atoms with van der Waals surface area (Å²) in [5, 5.41) is 6.10. The van der Waals surface area contributed by atoms with Gasteiger partial charge in [-0.2, -0.15) is 11.8 Å². The van der Waals surface area contributed by atoms with Crippen molar-refractivity contribution in [2.24, 2.45) is 5.73 Å². The van der Waals surface area contributed by atoms with Crippen molar-refractivity contribution < 1.29 is 9.59 Å². The highest BCUT2D eigenvalue weighted by molar-refractivity contribution is 7.99. The molecule has 1 saturated heterocycles. The van der Waals surface area contributed by atoms with E-state index >= 15 is 0 Å². The van der Waals surface area contributed by atoms with E-state index in [1.807, 2.05) is 11.8 Å². The first-order valence-corrected chi connectivity index (χ1v) is 7.31. The summed E-state index contributed by atoms with van der Waals surface area (Å²) >= 11 is 1.85. The summed E-state index contributed by atoms with van der Waals surface area (Å²) in [7, 11) is 0. The average molecular weight is 279 g/mol. The molecule has 0 bridgehead atoms. The predicted molar refractivity (Wildman–Crippen MR) is 77.3 cm³/mol. The Kier molecular flexibility index (Phi) is 4.81. The van der Waals surface area contributed by atoms with Crippen LogP contribution < -0.4 is 16.4 Å². The maximum atomic E-state index is 11.9. The third-order valence-electron chi connectivity index (χ3n) is 2.86. The number of nitrogens with two attached hydrogens (primary N) is 1. The van der Waals surface area contributed by atoms with Crippen molar-refractivity contribution in [3.05, 3.63) is 29.8 Å². The molecule has 1 aromatic rings. The van der Waals surface area contributed by atoms with Crippen molar-refractivity contribution in [1.82, 2.24) is 5.32 Å². The van der Waals surface area contributed by atoms with E-state index in [1.165, 1.54) is 0 Å². The van der Waals surface area contributed by atoms with E-state index in [-0.39, 0.29) is 11.9 Å². The first-order valence-electron chi connectivity index (χ1n) is 6.16. The van der Waals surface area contributed by atoms with Crippen molar-refractivity contribution in [3.63, 3.8) is 0 Å². The first kappa shape index (κ1) is 13.9. The van der Waals surface area contributed by atoms with Crippen LogP contribution in [0.2, 0.25) is 0 Å². The Morgan fingerprint density at radius 3 is 3.00 bits per heavy atom. The highest BCUT2D eigenvalue weighted by Gasteiger charge is 2.16. The van der Waals surface area contributed by atoms with Gasteiger partial charge in [0.25, 0.3) is 0 Å². The minimum absolute atomic E-state index is 0.0541. The van der Waals surface area contributed by atoms with Gasteiger partial charge in [0.05, 0.1) is 0 Å². The second-order valence-corrected chi connectivity index (χ2v) is 5.57. The van der Waals surface area contributed by atoms with Crippen molar-refractivity contribution in [2.45, 2.75) is 12.5 Å². The molecule has 5 nitrogen and oxygen atoms in total. The van der Waals surface area contributed by atoms with Gasteiger partial charge in [-0.3, -0.25) is 9.59 Å². The Morgan fingerprint density at radius 2 is 2.32 bits per heavy atom. The van der Waals surface area contributed by atoms with Crippen LogP contribution in [0.5, 0.6) is 0 Å². The van der Waals surface area contributed by atoms with Crippen LogP contribution in [0.15, 0.2) is 24.3 Å². The number of anilines is 1. The number of thioether (sulfide) groups is 1. The molecule has 1 aromatic carbocycles. The highest BCUT2D eigenvalue weighted by Crippen LogP contribution is 2.13. The molecule has 1 unspecified atom stereocenters. The van der Waals surface area contributed by atoms with Gasteiger partial charge in [0.15, 0.2) is 0 Å². The smallest absolute Gasteiger partial charge is 0.248 e. The Bertz CT molecular complexity index is 473. The van der Waals surface area contributed by atoms with Gasteiger partial charge in [0, 0.05) is 41.8 Å². The molecule has 1 aliphatic rings. The predicted octanol–water partition coefficient (Wildman–Crippen LogP) is 0.819. The van der Waals surface area contributed by atoms with Gasteiger partial charge in [0.1, 0.15) is 0 Å². The van der Waals surface area contributed by atoms with Gasteiger partial charge in [-0.05, 0) is 18.2 Å². The number of hydrogen-bond acceptors (Lipinski definition) is 4. The first-order chi connectivity index (χ1) is 9.15. The second-order valence-electron chi connectivity index (χ2n) is 4.42. The van der Waals surface area contributed by atoms with E-state index in [9.17, 15) is 9.59 Å². The summed E-state index contributed by atoms with van der Waals surface area (Å²) in [5.74, 6) is 1.50. The molecule has 102 valence electrons. The van der Waals surface area contributed by atoms with Crippen LogP contribution in [0.3, 0.4) is 0 Å². The number of nitrogens with one attached hydrogen (secondary N) is 2. The molecular formula is C13H17N3O2S. The summed E-state index contributed by atoms with van der Waals surface area (Å²) in [5.41, 5.74) is 6.19. The number of primary amides is 1. The molecule has 0 spiro atoms. The fraction of sp³-hybridized carbons (Fsp3) is 0.385. The third-order valence-corrected chi connectivity index (χ3v) is 3.99. The highest BCUT2D eigenvalue weighted by atomic mass is 32.2. The molecule has 0 radical (unpaired) electrons. The zero-order valence-electron chi connectivity index (χ0n) is 10.5. The normalized spacial score (nSPS) is 18.8. The van der Waals surface area contributed by atoms with Gasteiger partial charge in [-0.15, -0.1) is 0 Å². The van der Waals surface area contributed by atoms with E-state index in [2.05, 4.69) is 10.6 Å². The zero-order valence-corrected chi connectivity index (χ0v) is 11.3. The minimum atomic E-state index is -0.499. The zero-order chi connectivity index (χ0) is 13.7. The number of carbonyl (C=O) groups is 2. The minimum Gasteiger partial charge on any atom is -0.366 e. The van der Waals surface area contributed by atoms with E-state index in [0.717, 1.165) is 18.1 Å². The fourth-order valence-corrected chi connectivity index (χ4v) is 2.89. The van der Waals surface area contributed by atoms with Gasteiger partial charge in [0.2, 0.25) is 11.8 Å². The molecule has 0 aromatic heterocycles. The van der Waals surface area contributed by atoms with E-state index < -0.39 is 5.91 Å². The van der Waals surface area contributed by atoms with Crippen molar-refractivity contribution in [2.75, 3.05) is 23.4 Å². The van der Waals surface area contributed by atoms with Crippen LogP contribution in [0.25, 0.3) is 0 Å². The van der Waals surface area contributed by atoms with Crippen LogP contribution in [0.4, 0.5) is 5.69 Å². The average Bonchev–Trinajstić information content (AvgIpc) is 2.40. The molecule has 2 rings (SSSR count). The van der Waals surface area contributed by atoms with Crippen LogP contribution in [0.1, 0.15) is 16.8 Å². The molecule has 6 heteroatoms. The van der Waals surface area contributed by atoms with E-state index in [0.29, 0.717) is 17.7 Å². The topological polar surface area (TPSA) is 84.2 Å². The Hall–Kier alpha value is -1.53. The molecule has 19 heavy (non-hydrogen) atoms. The van der Waals surface area contributed by atoms with Gasteiger partial charge in [-0.1, -0.05) is 6.07 Å². The lowest BCUT2D eigenvalue weighted by atomic mass is 10.1. The summed E-state index contributed by atoms with van der Waals surface area (Å²) in [6.07, 6.45) is 0.438. The molecule has 2 amide bonds. The van der Waals surface area contributed by atoms with E-state index in [4.69, 9.17) is 5.73 Å². The van der Waals surface area contributed by atoms with Gasteiger partial charge < -0.3 is 16.4 Å². The Labute approximate surface area is 116 Å². The second kappa shape index (κ2) is 6.58. The lowest BCUT2D eigenvalue weighted by Crippen LogP contribution is -2.39. The summed E-state index contributed by atoms with van der Waals surface area (Å²) in [6.45, 7) is 0.944. The fourth-order valence-electron chi connectivity index (χ4n) is 1.94. The molecular weight excluding hydrogens is 262 g/mol. The van der Waals surface area contributed by atoms with Crippen molar-refractivity contribution in [1.29, 1.82) is 0 Å². The van der Waals surface area contributed by atoms with Crippen molar-refractivity contribution in [3.8, 4) is 0 Å². The number of amides is 2. The van der Waals surface area contributed by atoms with Crippen LogP contribution >= 0.6 is 11.8 Å². The quantitative estimate of drug-likeness (QED) is 0.762. The largest absolute Gasteiger partial charge is 0.366 e. The van der Waals surface area contributed by atoms with Crippen molar-refractivity contribution >= 4 is 29.3 Å². The maximum Gasteiger partial charge on any atom is 0.248 e. The maximum absolute atomic E-state index is 11.9. The molecule has 4 N–H and O–H groups in total. The number of rotatable bonds is 4. The molecule has 1 heterocycles. The summed E-state index contributed by atoms with van der Waals surface area (Å²) < 4.78 is 0. The lowest BCUT2D eigenvalue weighted by molar-refractivity contribution is -0.116. The SMILES string of the molecule is NC(=O)c1cccc(NC(=O)CC2CSCCN2)c1. The molecule has 1 aliphatic heterocycles. The number of carbonyl (C=O) groups excluding carboxylic acids is 2.